The van der Waals surface area contributed by atoms with Crippen LogP contribution in [0.2, 0.25) is 0 Å². The maximum atomic E-state index is 11.5. The molecule has 0 amide bonds. The van der Waals surface area contributed by atoms with E-state index in [2.05, 4.69) is 5.92 Å². The molecule has 1 rings (SSSR count). The van der Waals surface area contributed by atoms with Gasteiger partial charge in [-0.2, -0.15) is 0 Å². The molecule has 0 spiro atoms. The summed E-state index contributed by atoms with van der Waals surface area (Å²) in [7, 11) is -3.47. The van der Waals surface area contributed by atoms with Gasteiger partial charge < -0.3 is 9.84 Å². The molecule has 0 fully saturated rings. The highest BCUT2D eigenvalue weighted by Crippen LogP contribution is 2.16. The first-order chi connectivity index (χ1) is 7.95. The Kier molecular flexibility index (Phi) is 4.12. The lowest BCUT2D eigenvalue weighted by molar-refractivity contribution is -0.139. The number of hydrogen-bond donors (Lipinski definition) is 1. The molecule has 0 aliphatic rings. The van der Waals surface area contributed by atoms with Crippen LogP contribution in [0.25, 0.3) is 0 Å². The second-order valence-corrected chi connectivity index (χ2v) is 5.11. The van der Waals surface area contributed by atoms with Crippen molar-refractivity contribution in [2.75, 3.05) is 12.4 Å². The Bertz CT molecular complexity index is 536. The van der Waals surface area contributed by atoms with E-state index in [0.29, 0.717) is 0 Å². The predicted molar refractivity (Wildman–Crippen MR) is 60.5 cm³/mol. The van der Waals surface area contributed by atoms with Crippen LogP contribution in [-0.2, 0) is 14.6 Å². The minimum atomic E-state index is -3.47. The second-order valence-electron chi connectivity index (χ2n) is 3.12. The van der Waals surface area contributed by atoms with Gasteiger partial charge in [-0.1, -0.05) is 5.92 Å². The van der Waals surface area contributed by atoms with Gasteiger partial charge in [0.05, 0.1) is 4.90 Å². The summed E-state index contributed by atoms with van der Waals surface area (Å²) < 4.78 is 27.9. The van der Waals surface area contributed by atoms with Crippen LogP contribution in [0.1, 0.15) is 0 Å². The van der Waals surface area contributed by atoms with Gasteiger partial charge in [0.2, 0.25) is 0 Å². The molecule has 0 heterocycles. The van der Waals surface area contributed by atoms with Gasteiger partial charge >= 0.3 is 5.97 Å². The Morgan fingerprint density at radius 1 is 1.35 bits per heavy atom. The van der Waals surface area contributed by atoms with Gasteiger partial charge in [-0.3, -0.25) is 0 Å². The van der Waals surface area contributed by atoms with Crippen molar-refractivity contribution in [2.45, 2.75) is 4.90 Å². The van der Waals surface area contributed by atoms with E-state index in [9.17, 15) is 13.2 Å². The van der Waals surface area contributed by atoms with Gasteiger partial charge in [0.15, 0.2) is 16.4 Å². The van der Waals surface area contributed by atoms with Crippen molar-refractivity contribution in [1.29, 1.82) is 0 Å². The SMILES string of the molecule is C#CCS(=O)(=O)c1ccc(OCC(=O)O)cc1. The number of sulfone groups is 1. The number of carboxylic acids is 1. The molecule has 0 aliphatic carbocycles. The first-order valence-corrected chi connectivity index (χ1v) is 6.22. The number of terminal acetylenes is 1. The number of rotatable bonds is 5. The Morgan fingerprint density at radius 2 is 1.94 bits per heavy atom. The van der Waals surface area contributed by atoms with Gasteiger partial charge in [-0.05, 0) is 24.3 Å². The van der Waals surface area contributed by atoms with Crippen LogP contribution < -0.4 is 4.74 Å². The van der Waals surface area contributed by atoms with E-state index in [1.54, 1.807) is 0 Å². The van der Waals surface area contributed by atoms with Gasteiger partial charge in [-0.25, -0.2) is 13.2 Å². The van der Waals surface area contributed by atoms with Crippen LogP contribution in [0.15, 0.2) is 29.2 Å². The highest BCUT2D eigenvalue weighted by molar-refractivity contribution is 7.91. The number of ether oxygens (including phenoxy) is 1. The highest BCUT2D eigenvalue weighted by atomic mass is 32.2. The average Bonchev–Trinajstić information content (AvgIpc) is 2.27. The van der Waals surface area contributed by atoms with Crippen molar-refractivity contribution in [2.24, 2.45) is 0 Å². The molecule has 0 atom stereocenters. The summed E-state index contributed by atoms with van der Waals surface area (Å²) in [6, 6.07) is 5.41. The van der Waals surface area contributed by atoms with E-state index in [0.717, 1.165) is 0 Å². The molecule has 90 valence electrons. The van der Waals surface area contributed by atoms with Crippen LogP contribution in [0.4, 0.5) is 0 Å². The van der Waals surface area contributed by atoms with Crippen LogP contribution in [0.5, 0.6) is 5.75 Å². The van der Waals surface area contributed by atoms with E-state index >= 15 is 0 Å². The Labute approximate surface area is 99.0 Å². The molecule has 1 aromatic carbocycles. The molecule has 0 unspecified atom stereocenters. The van der Waals surface area contributed by atoms with E-state index < -0.39 is 22.4 Å². The molecule has 1 N–H and O–H groups in total. The van der Waals surface area contributed by atoms with Crippen LogP contribution >= 0.6 is 0 Å². The minimum absolute atomic E-state index is 0.0816. The summed E-state index contributed by atoms with van der Waals surface area (Å²) in [5.41, 5.74) is 0. The fourth-order valence-corrected chi connectivity index (χ4v) is 2.02. The van der Waals surface area contributed by atoms with Crippen LogP contribution in [0, 0.1) is 12.3 Å². The lowest BCUT2D eigenvalue weighted by atomic mass is 10.3. The molecule has 5 nitrogen and oxygen atoms in total. The standard InChI is InChI=1S/C11H10O5S/c1-2-7-17(14,15)10-5-3-9(4-6-10)16-8-11(12)13/h1,3-6H,7-8H2,(H,12,13). The largest absolute Gasteiger partial charge is 0.482 e. The van der Waals surface area contributed by atoms with Crippen molar-refractivity contribution >= 4 is 15.8 Å². The van der Waals surface area contributed by atoms with Crippen molar-refractivity contribution in [1.82, 2.24) is 0 Å². The molecule has 0 saturated heterocycles. The minimum Gasteiger partial charge on any atom is -0.482 e. The monoisotopic (exact) mass is 254 g/mol. The topological polar surface area (TPSA) is 80.7 Å². The summed E-state index contributed by atoms with van der Waals surface area (Å²) in [6.07, 6.45) is 4.94. The summed E-state index contributed by atoms with van der Waals surface area (Å²) in [5.74, 6) is 0.873. The quantitative estimate of drug-likeness (QED) is 0.776. The zero-order valence-electron chi connectivity index (χ0n) is 8.79. The van der Waals surface area contributed by atoms with Crippen LogP contribution in [-0.4, -0.2) is 31.9 Å². The maximum Gasteiger partial charge on any atom is 0.341 e. The molecule has 0 aromatic heterocycles. The fourth-order valence-electron chi connectivity index (χ4n) is 1.08. The van der Waals surface area contributed by atoms with E-state index in [4.69, 9.17) is 16.3 Å². The van der Waals surface area contributed by atoms with Gasteiger partial charge in [0, 0.05) is 0 Å². The average molecular weight is 254 g/mol. The number of carboxylic acid groups (broad SMARTS) is 1. The fraction of sp³-hybridized carbons (Fsp3) is 0.182. The third-order valence-corrected chi connectivity index (χ3v) is 3.36. The zero-order chi connectivity index (χ0) is 12.9. The van der Waals surface area contributed by atoms with Gasteiger partial charge in [0.1, 0.15) is 11.5 Å². The first kappa shape index (κ1) is 13.1. The van der Waals surface area contributed by atoms with Crippen molar-refractivity contribution < 1.29 is 23.1 Å². The lowest BCUT2D eigenvalue weighted by Gasteiger charge is -2.04. The highest BCUT2D eigenvalue weighted by Gasteiger charge is 2.12. The smallest absolute Gasteiger partial charge is 0.341 e. The number of aliphatic carboxylic acids is 1. The van der Waals surface area contributed by atoms with Gasteiger partial charge in [0.25, 0.3) is 0 Å². The third-order valence-electron chi connectivity index (χ3n) is 1.82. The summed E-state index contributed by atoms with van der Waals surface area (Å²) in [6.45, 7) is -0.476. The third kappa shape index (κ3) is 3.81. The predicted octanol–water partition coefficient (Wildman–Crippen LogP) is 0.557. The zero-order valence-corrected chi connectivity index (χ0v) is 9.61. The number of carbonyl (C=O) groups is 1. The molecule has 0 saturated carbocycles. The molecule has 0 bridgehead atoms. The molecule has 17 heavy (non-hydrogen) atoms. The van der Waals surface area contributed by atoms with E-state index in [1.165, 1.54) is 24.3 Å². The number of hydrogen-bond acceptors (Lipinski definition) is 4. The van der Waals surface area contributed by atoms with Crippen LogP contribution in [0.3, 0.4) is 0 Å². The summed E-state index contributed by atoms with van der Waals surface area (Å²) in [4.78, 5) is 10.3. The Balaban J connectivity index is 2.82. The molecule has 0 aliphatic heterocycles. The molecule has 6 heteroatoms. The molecule has 1 aromatic rings. The van der Waals surface area contributed by atoms with Crippen molar-refractivity contribution in [3.8, 4) is 18.1 Å². The maximum absolute atomic E-state index is 11.5. The van der Waals surface area contributed by atoms with E-state index in [-0.39, 0.29) is 16.4 Å². The van der Waals surface area contributed by atoms with Crippen molar-refractivity contribution in [3.63, 3.8) is 0 Å². The molecular formula is C11H10O5S. The molecule has 0 radical (unpaired) electrons. The number of benzene rings is 1. The first-order valence-electron chi connectivity index (χ1n) is 4.56. The summed E-state index contributed by atoms with van der Waals surface area (Å²) >= 11 is 0. The molecular weight excluding hydrogens is 244 g/mol. The van der Waals surface area contributed by atoms with E-state index in [1.807, 2.05) is 0 Å². The second kappa shape index (κ2) is 5.37. The van der Waals surface area contributed by atoms with Gasteiger partial charge in [-0.15, -0.1) is 6.42 Å². The Hall–Kier alpha value is -2.00. The van der Waals surface area contributed by atoms with Crippen molar-refractivity contribution in [3.05, 3.63) is 24.3 Å². The lowest BCUT2D eigenvalue weighted by Crippen LogP contribution is -2.09. The summed E-state index contributed by atoms with van der Waals surface area (Å²) in [5, 5.41) is 8.39. The normalized spacial score (nSPS) is 10.5. The Morgan fingerprint density at radius 3 is 2.41 bits per heavy atom.